The van der Waals surface area contributed by atoms with E-state index in [1.807, 2.05) is 18.2 Å². The Morgan fingerprint density at radius 2 is 2.06 bits per heavy atom. The first-order chi connectivity index (χ1) is 14.7. The van der Waals surface area contributed by atoms with Crippen LogP contribution in [0.2, 0.25) is 5.02 Å². The molecule has 1 unspecified atom stereocenters. The van der Waals surface area contributed by atoms with Crippen molar-refractivity contribution in [1.29, 1.82) is 0 Å². The topological polar surface area (TPSA) is 64.7 Å². The summed E-state index contributed by atoms with van der Waals surface area (Å²) in [7, 11) is 0. The molecule has 4 rings (SSSR count). The van der Waals surface area contributed by atoms with Crippen LogP contribution in [0.25, 0.3) is 0 Å². The average Bonchev–Trinajstić information content (AvgIpc) is 3.31. The Balaban J connectivity index is 1.40. The van der Waals surface area contributed by atoms with E-state index in [9.17, 15) is 18.0 Å². The molecule has 1 N–H and O–H groups in total. The summed E-state index contributed by atoms with van der Waals surface area (Å²) in [5.74, 6) is -0.810. The number of hydrogen-bond donors (Lipinski definition) is 1. The molecule has 3 aromatic rings. The fourth-order valence-electron chi connectivity index (χ4n) is 3.35. The van der Waals surface area contributed by atoms with Gasteiger partial charge < -0.3 is 5.32 Å². The van der Waals surface area contributed by atoms with Crippen molar-refractivity contribution in [2.75, 3.05) is 5.32 Å². The van der Waals surface area contributed by atoms with Crippen LogP contribution in [0.1, 0.15) is 42.6 Å². The van der Waals surface area contributed by atoms with Crippen LogP contribution in [-0.2, 0) is 24.1 Å². The number of alkyl halides is 3. The summed E-state index contributed by atoms with van der Waals surface area (Å²) < 4.78 is 42.2. The number of amides is 1. The van der Waals surface area contributed by atoms with Crippen molar-refractivity contribution in [2.45, 2.75) is 44.9 Å². The van der Waals surface area contributed by atoms with Crippen molar-refractivity contribution in [2.24, 2.45) is 5.92 Å². The molecule has 164 valence electrons. The monoisotopic (exact) mass is 451 g/mol. The van der Waals surface area contributed by atoms with E-state index in [-0.39, 0.29) is 18.4 Å². The van der Waals surface area contributed by atoms with Crippen molar-refractivity contribution in [3.8, 4) is 0 Å². The van der Waals surface area contributed by atoms with Crippen molar-refractivity contribution in [3.05, 3.63) is 64.7 Å². The van der Waals surface area contributed by atoms with Crippen LogP contribution in [0.15, 0.2) is 42.7 Å². The highest BCUT2D eigenvalue weighted by atomic mass is 35.5. The van der Waals surface area contributed by atoms with Crippen LogP contribution in [0.3, 0.4) is 0 Å². The van der Waals surface area contributed by atoms with E-state index in [2.05, 4.69) is 15.5 Å². The van der Waals surface area contributed by atoms with E-state index < -0.39 is 17.8 Å². The summed E-state index contributed by atoms with van der Waals surface area (Å²) in [5.41, 5.74) is 1.02. The van der Waals surface area contributed by atoms with Gasteiger partial charge in [0.15, 0.2) is 5.69 Å². The van der Waals surface area contributed by atoms with Crippen molar-refractivity contribution >= 4 is 23.2 Å². The molecule has 0 spiro atoms. The Morgan fingerprint density at radius 1 is 1.32 bits per heavy atom. The van der Waals surface area contributed by atoms with Crippen LogP contribution in [0.4, 0.5) is 18.9 Å². The standard InChI is InChI=1S/C21H21ClF3N5O/c1-13(10-30-18(14-6-7-14)8-19(28-30)21(23,24)25)20(31)27-16-9-26-29(12-16)11-15-4-2-3-5-17(15)22/h2-5,8-9,12-14H,6-7,10-11H2,1H3,(H,27,31). The summed E-state index contributed by atoms with van der Waals surface area (Å²) in [5, 5.41) is 11.3. The number of anilines is 1. The van der Waals surface area contributed by atoms with Gasteiger partial charge in [0.05, 0.1) is 30.9 Å². The first-order valence-corrected chi connectivity index (χ1v) is 10.3. The molecular formula is C21H21ClF3N5O. The molecule has 1 fully saturated rings. The van der Waals surface area contributed by atoms with Gasteiger partial charge in [-0.1, -0.05) is 36.7 Å². The molecule has 0 saturated heterocycles. The maximum absolute atomic E-state index is 13.1. The first-order valence-electron chi connectivity index (χ1n) is 9.92. The Kier molecular flexibility index (Phi) is 5.79. The van der Waals surface area contributed by atoms with Gasteiger partial charge in [0.1, 0.15) is 0 Å². The second-order valence-corrected chi connectivity index (χ2v) is 8.22. The fraction of sp³-hybridized carbons (Fsp3) is 0.381. The summed E-state index contributed by atoms with van der Waals surface area (Å²) in [6.07, 6.45) is 0.380. The number of carbonyl (C=O) groups is 1. The molecule has 0 radical (unpaired) electrons. The van der Waals surface area contributed by atoms with Gasteiger partial charge in [-0.3, -0.25) is 14.2 Å². The molecule has 31 heavy (non-hydrogen) atoms. The van der Waals surface area contributed by atoms with E-state index in [0.717, 1.165) is 24.5 Å². The van der Waals surface area contributed by atoms with Gasteiger partial charge in [-0.2, -0.15) is 23.4 Å². The molecular weight excluding hydrogens is 431 g/mol. The van der Waals surface area contributed by atoms with Gasteiger partial charge >= 0.3 is 6.18 Å². The SMILES string of the molecule is CC(Cn1nc(C(F)(F)F)cc1C1CC1)C(=O)Nc1cnn(Cc2ccccc2Cl)c1. The van der Waals surface area contributed by atoms with Crippen LogP contribution in [0, 0.1) is 5.92 Å². The molecule has 2 heterocycles. The largest absolute Gasteiger partial charge is 0.435 e. The lowest BCUT2D eigenvalue weighted by atomic mass is 10.1. The van der Waals surface area contributed by atoms with Crippen LogP contribution >= 0.6 is 11.6 Å². The molecule has 0 aliphatic heterocycles. The fourth-order valence-corrected chi connectivity index (χ4v) is 3.54. The zero-order valence-electron chi connectivity index (χ0n) is 16.7. The quantitative estimate of drug-likeness (QED) is 0.552. The Morgan fingerprint density at radius 3 is 2.74 bits per heavy atom. The third kappa shape index (κ3) is 5.10. The van der Waals surface area contributed by atoms with E-state index >= 15 is 0 Å². The molecule has 6 nitrogen and oxygen atoms in total. The Labute approximate surface area is 182 Å². The zero-order valence-corrected chi connectivity index (χ0v) is 17.5. The molecule has 1 aromatic carbocycles. The molecule has 1 aliphatic rings. The number of halogens is 4. The first kappa shape index (κ1) is 21.4. The van der Waals surface area contributed by atoms with Gasteiger partial charge in [0, 0.05) is 22.8 Å². The minimum Gasteiger partial charge on any atom is -0.323 e. The molecule has 1 amide bonds. The molecule has 1 atom stereocenters. The third-order valence-electron chi connectivity index (χ3n) is 5.18. The predicted molar refractivity (Wildman–Crippen MR) is 110 cm³/mol. The lowest BCUT2D eigenvalue weighted by Crippen LogP contribution is -2.25. The zero-order chi connectivity index (χ0) is 22.2. The predicted octanol–water partition coefficient (Wildman–Crippen LogP) is 4.95. The highest BCUT2D eigenvalue weighted by Crippen LogP contribution is 2.42. The molecule has 1 saturated carbocycles. The normalized spacial score (nSPS) is 15.1. The number of carbonyl (C=O) groups excluding carboxylic acids is 1. The summed E-state index contributed by atoms with van der Waals surface area (Å²) >= 11 is 6.16. The Hall–Kier alpha value is -2.81. The average molecular weight is 452 g/mol. The van der Waals surface area contributed by atoms with Gasteiger partial charge in [0.2, 0.25) is 5.91 Å². The number of nitrogens with one attached hydrogen (secondary N) is 1. The number of rotatable bonds is 7. The molecule has 1 aliphatic carbocycles. The lowest BCUT2D eigenvalue weighted by molar-refractivity contribution is -0.141. The van der Waals surface area contributed by atoms with Crippen LogP contribution in [-0.4, -0.2) is 25.5 Å². The summed E-state index contributed by atoms with van der Waals surface area (Å²) in [4.78, 5) is 12.6. The van der Waals surface area contributed by atoms with E-state index in [0.29, 0.717) is 22.9 Å². The van der Waals surface area contributed by atoms with Crippen molar-refractivity contribution in [1.82, 2.24) is 19.6 Å². The van der Waals surface area contributed by atoms with Crippen molar-refractivity contribution < 1.29 is 18.0 Å². The maximum atomic E-state index is 13.1. The lowest BCUT2D eigenvalue weighted by Gasteiger charge is -2.13. The summed E-state index contributed by atoms with van der Waals surface area (Å²) in [6, 6.07) is 8.50. The van der Waals surface area contributed by atoms with E-state index in [1.54, 1.807) is 23.9 Å². The number of benzene rings is 1. The third-order valence-corrected chi connectivity index (χ3v) is 5.55. The number of hydrogen-bond acceptors (Lipinski definition) is 3. The van der Waals surface area contributed by atoms with Gasteiger partial charge in [-0.05, 0) is 30.5 Å². The van der Waals surface area contributed by atoms with Crippen molar-refractivity contribution in [3.63, 3.8) is 0 Å². The summed E-state index contributed by atoms with van der Waals surface area (Å²) in [6.45, 7) is 2.18. The molecule has 0 bridgehead atoms. The molecule has 2 aromatic heterocycles. The van der Waals surface area contributed by atoms with Gasteiger partial charge in [0.25, 0.3) is 0 Å². The second-order valence-electron chi connectivity index (χ2n) is 7.82. The second kappa shape index (κ2) is 8.37. The Bertz CT molecular complexity index is 1090. The van der Waals surface area contributed by atoms with Gasteiger partial charge in [-0.25, -0.2) is 0 Å². The highest BCUT2D eigenvalue weighted by molar-refractivity contribution is 6.31. The smallest absolute Gasteiger partial charge is 0.323 e. The minimum atomic E-state index is -4.50. The highest BCUT2D eigenvalue weighted by Gasteiger charge is 2.38. The van der Waals surface area contributed by atoms with E-state index in [4.69, 9.17) is 11.6 Å². The van der Waals surface area contributed by atoms with E-state index in [1.165, 1.54) is 10.9 Å². The molecule has 10 heteroatoms. The number of aromatic nitrogens is 4. The van der Waals surface area contributed by atoms with Crippen LogP contribution < -0.4 is 5.32 Å². The maximum Gasteiger partial charge on any atom is 0.435 e. The van der Waals surface area contributed by atoms with Crippen LogP contribution in [0.5, 0.6) is 0 Å². The van der Waals surface area contributed by atoms with Gasteiger partial charge in [-0.15, -0.1) is 0 Å². The number of nitrogens with zero attached hydrogens (tertiary/aromatic N) is 4. The minimum absolute atomic E-state index is 0.0709.